The van der Waals surface area contributed by atoms with Gasteiger partial charge in [0, 0.05) is 12.7 Å². The predicted octanol–water partition coefficient (Wildman–Crippen LogP) is 2.82. The molecule has 0 unspecified atom stereocenters. The minimum atomic E-state index is -0.205. The summed E-state index contributed by atoms with van der Waals surface area (Å²) in [5.74, 6) is 0.420. The van der Waals surface area contributed by atoms with Crippen molar-refractivity contribution in [2.24, 2.45) is 5.92 Å². The summed E-state index contributed by atoms with van der Waals surface area (Å²) in [4.78, 5) is 0. The van der Waals surface area contributed by atoms with Crippen LogP contribution in [0.25, 0.3) is 0 Å². The summed E-state index contributed by atoms with van der Waals surface area (Å²) >= 11 is 0. The van der Waals surface area contributed by atoms with Gasteiger partial charge >= 0.3 is 0 Å². The summed E-state index contributed by atoms with van der Waals surface area (Å²) in [6.07, 6.45) is 1.78. The number of hydrogen-bond donors (Lipinski definition) is 1. The first-order valence-corrected chi connectivity index (χ1v) is 6.61. The quantitative estimate of drug-likeness (QED) is 0.866. The first-order valence-electron chi connectivity index (χ1n) is 6.61. The minimum absolute atomic E-state index is 0.205. The number of benzene rings is 1. The Kier molecular flexibility index (Phi) is 4.68. The van der Waals surface area contributed by atoms with Gasteiger partial charge in [-0.25, -0.2) is 4.39 Å². The van der Waals surface area contributed by atoms with Gasteiger partial charge in [0.15, 0.2) is 0 Å². The second kappa shape index (κ2) is 6.48. The van der Waals surface area contributed by atoms with Gasteiger partial charge in [0.1, 0.15) is 5.82 Å². The van der Waals surface area contributed by atoms with Crippen molar-refractivity contribution in [1.29, 1.82) is 0 Å². The van der Waals surface area contributed by atoms with Crippen LogP contribution in [-0.4, -0.2) is 16.3 Å². The van der Waals surface area contributed by atoms with Gasteiger partial charge in [-0.3, -0.25) is 4.68 Å². The lowest BCUT2D eigenvalue weighted by atomic mass is 10.2. The fourth-order valence-corrected chi connectivity index (χ4v) is 1.95. The van der Waals surface area contributed by atoms with Gasteiger partial charge in [0.2, 0.25) is 0 Å². The zero-order chi connectivity index (χ0) is 13.7. The van der Waals surface area contributed by atoms with Gasteiger partial charge in [0.25, 0.3) is 0 Å². The average molecular weight is 261 g/mol. The van der Waals surface area contributed by atoms with E-state index in [9.17, 15) is 4.39 Å². The maximum absolute atomic E-state index is 13.1. The molecule has 1 N–H and O–H groups in total. The van der Waals surface area contributed by atoms with Crippen LogP contribution >= 0.6 is 0 Å². The number of nitrogens with one attached hydrogen (secondary N) is 1. The molecule has 19 heavy (non-hydrogen) atoms. The van der Waals surface area contributed by atoms with Crippen LogP contribution in [-0.2, 0) is 13.1 Å². The molecule has 0 saturated heterocycles. The number of nitrogens with zero attached hydrogens (tertiary/aromatic N) is 2. The summed E-state index contributed by atoms with van der Waals surface area (Å²) in [5.41, 5.74) is 2.04. The van der Waals surface area contributed by atoms with Crippen molar-refractivity contribution in [3.63, 3.8) is 0 Å². The smallest absolute Gasteiger partial charge is 0.123 e. The molecule has 1 heterocycles. The highest BCUT2D eigenvalue weighted by Gasteiger charge is 2.04. The van der Waals surface area contributed by atoms with Crippen LogP contribution in [0.15, 0.2) is 36.5 Å². The summed E-state index contributed by atoms with van der Waals surface area (Å²) < 4.78 is 15.1. The lowest BCUT2D eigenvalue weighted by Crippen LogP contribution is -2.21. The normalized spacial score (nSPS) is 11.2. The van der Waals surface area contributed by atoms with E-state index in [1.54, 1.807) is 18.3 Å². The molecular formula is C15H20FN3. The summed E-state index contributed by atoms with van der Waals surface area (Å²) in [5, 5.41) is 7.68. The van der Waals surface area contributed by atoms with Gasteiger partial charge in [-0.05, 0) is 36.2 Å². The summed E-state index contributed by atoms with van der Waals surface area (Å²) in [6, 6.07) is 8.64. The molecule has 102 valence electrons. The molecule has 0 amide bonds. The Bertz CT molecular complexity index is 520. The minimum Gasteiger partial charge on any atom is -0.311 e. The second-order valence-electron chi connectivity index (χ2n) is 5.13. The Morgan fingerprint density at radius 1 is 1.32 bits per heavy atom. The zero-order valence-electron chi connectivity index (χ0n) is 11.4. The molecule has 2 rings (SSSR count). The van der Waals surface area contributed by atoms with Gasteiger partial charge < -0.3 is 5.32 Å². The van der Waals surface area contributed by atoms with E-state index in [-0.39, 0.29) is 5.82 Å². The highest BCUT2D eigenvalue weighted by Crippen LogP contribution is 2.08. The van der Waals surface area contributed by atoms with Crippen LogP contribution in [0.4, 0.5) is 4.39 Å². The number of aromatic nitrogens is 2. The molecule has 0 bridgehead atoms. The Morgan fingerprint density at radius 2 is 2.16 bits per heavy atom. The van der Waals surface area contributed by atoms with E-state index in [1.807, 2.05) is 16.8 Å². The van der Waals surface area contributed by atoms with Crippen molar-refractivity contribution in [3.8, 4) is 0 Å². The zero-order valence-corrected chi connectivity index (χ0v) is 11.4. The van der Waals surface area contributed by atoms with Gasteiger partial charge in [-0.1, -0.05) is 26.0 Å². The van der Waals surface area contributed by atoms with E-state index in [0.717, 1.165) is 24.3 Å². The van der Waals surface area contributed by atoms with E-state index in [2.05, 4.69) is 24.3 Å². The van der Waals surface area contributed by atoms with Crippen molar-refractivity contribution in [2.75, 3.05) is 6.54 Å². The molecule has 0 fully saturated rings. The van der Waals surface area contributed by atoms with Gasteiger partial charge in [-0.2, -0.15) is 5.10 Å². The fourth-order valence-electron chi connectivity index (χ4n) is 1.95. The van der Waals surface area contributed by atoms with Crippen LogP contribution in [0.5, 0.6) is 0 Å². The molecule has 0 aliphatic heterocycles. The number of halogens is 1. The Labute approximate surface area is 113 Å². The molecule has 2 aromatic rings. The van der Waals surface area contributed by atoms with Crippen molar-refractivity contribution >= 4 is 0 Å². The van der Waals surface area contributed by atoms with Crippen LogP contribution in [0, 0.1) is 11.7 Å². The van der Waals surface area contributed by atoms with Crippen LogP contribution in [0.3, 0.4) is 0 Å². The SMILES string of the molecule is CC(C)CNCc1ccnn1Cc1cccc(F)c1. The maximum atomic E-state index is 13.1. The van der Waals surface area contributed by atoms with E-state index < -0.39 is 0 Å². The first kappa shape index (κ1) is 13.7. The lowest BCUT2D eigenvalue weighted by molar-refractivity contribution is 0.529. The second-order valence-corrected chi connectivity index (χ2v) is 5.13. The number of hydrogen-bond acceptors (Lipinski definition) is 2. The predicted molar refractivity (Wildman–Crippen MR) is 74.3 cm³/mol. The molecule has 3 nitrogen and oxygen atoms in total. The molecule has 1 aromatic heterocycles. The molecule has 0 saturated carbocycles. The highest BCUT2D eigenvalue weighted by molar-refractivity contribution is 5.17. The van der Waals surface area contributed by atoms with E-state index in [1.165, 1.54) is 6.07 Å². The van der Waals surface area contributed by atoms with Gasteiger partial charge in [-0.15, -0.1) is 0 Å². The van der Waals surface area contributed by atoms with Crippen molar-refractivity contribution < 1.29 is 4.39 Å². The van der Waals surface area contributed by atoms with Crippen LogP contribution in [0.2, 0.25) is 0 Å². The third-order valence-electron chi connectivity index (χ3n) is 2.88. The summed E-state index contributed by atoms with van der Waals surface area (Å²) in [7, 11) is 0. The molecule has 4 heteroatoms. The molecule has 1 aromatic carbocycles. The third-order valence-corrected chi connectivity index (χ3v) is 2.88. The molecular weight excluding hydrogens is 241 g/mol. The van der Waals surface area contributed by atoms with Gasteiger partial charge in [0.05, 0.1) is 12.2 Å². The van der Waals surface area contributed by atoms with E-state index in [4.69, 9.17) is 0 Å². The van der Waals surface area contributed by atoms with Crippen molar-refractivity contribution in [2.45, 2.75) is 26.9 Å². The maximum Gasteiger partial charge on any atom is 0.123 e. The van der Waals surface area contributed by atoms with Crippen LogP contribution < -0.4 is 5.32 Å². The van der Waals surface area contributed by atoms with E-state index in [0.29, 0.717) is 12.5 Å². The third kappa shape index (κ3) is 4.17. The molecule has 0 atom stereocenters. The van der Waals surface area contributed by atoms with Crippen LogP contribution in [0.1, 0.15) is 25.1 Å². The average Bonchev–Trinajstić information content (AvgIpc) is 2.76. The highest BCUT2D eigenvalue weighted by atomic mass is 19.1. The monoisotopic (exact) mass is 261 g/mol. The Balaban J connectivity index is 1.99. The topological polar surface area (TPSA) is 29.9 Å². The first-order chi connectivity index (χ1) is 9.15. The lowest BCUT2D eigenvalue weighted by Gasteiger charge is -2.10. The molecule has 0 radical (unpaired) electrons. The van der Waals surface area contributed by atoms with Crippen molar-refractivity contribution in [1.82, 2.24) is 15.1 Å². The molecule has 0 spiro atoms. The molecule has 0 aliphatic rings. The standard InChI is InChI=1S/C15H20FN3/c1-12(2)9-17-10-15-6-7-18-19(15)11-13-4-3-5-14(16)8-13/h3-8,12,17H,9-11H2,1-2H3. The Morgan fingerprint density at radius 3 is 2.89 bits per heavy atom. The largest absolute Gasteiger partial charge is 0.311 e. The Hall–Kier alpha value is -1.68. The van der Waals surface area contributed by atoms with Crippen molar-refractivity contribution in [3.05, 3.63) is 53.6 Å². The van der Waals surface area contributed by atoms with E-state index >= 15 is 0 Å². The molecule has 0 aliphatic carbocycles. The fraction of sp³-hybridized carbons (Fsp3) is 0.400. The summed E-state index contributed by atoms with van der Waals surface area (Å²) in [6.45, 7) is 6.72. The number of rotatable bonds is 6.